The molecule has 1 aromatic rings. The van der Waals surface area contributed by atoms with Crippen molar-refractivity contribution in [2.45, 2.75) is 31.9 Å². The predicted octanol–water partition coefficient (Wildman–Crippen LogP) is 3.40. The third-order valence-electron chi connectivity index (χ3n) is 2.72. The Balaban J connectivity index is 2.56. The van der Waals surface area contributed by atoms with E-state index in [9.17, 15) is 0 Å². The van der Waals surface area contributed by atoms with Crippen LogP contribution in [0.25, 0.3) is 0 Å². The zero-order valence-corrected chi connectivity index (χ0v) is 12.0. The average molecular weight is 266 g/mol. The van der Waals surface area contributed by atoms with Crippen LogP contribution in [0.1, 0.15) is 37.3 Å². The van der Waals surface area contributed by atoms with Crippen LogP contribution < -0.4 is 10.5 Å². The Bertz CT molecular complexity index is 393. The number of unbranched alkanes of at least 4 members (excludes halogenated alkanes) is 2. The van der Waals surface area contributed by atoms with Crippen molar-refractivity contribution in [3.8, 4) is 5.75 Å². The Hall–Kier alpha value is -1.16. The first kappa shape index (κ1) is 14.9. The number of amidine groups is 1. The van der Waals surface area contributed by atoms with Gasteiger partial charge in [-0.1, -0.05) is 25.8 Å². The number of nitrogen functional groups attached to an aromatic ring is 1. The maximum Gasteiger partial charge on any atom is 0.129 e. The summed E-state index contributed by atoms with van der Waals surface area (Å²) in [6.45, 7) is 2.22. The van der Waals surface area contributed by atoms with Crippen molar-refractivity contribution < 1.29 is 4.74 Å². The van der Waals surface area contributed by atoms with Crippen molar-refractivity contribution >= 4 is 17.6 Å². The second-order valence-electron chi connectivity index (χ2n) is 4.21. The molecule has 0 saturated heterocycles. The third kappa shape index (κ3) is 4.61. The van der Waals surface area contributed by atoms with Crippen LogP contribution in [-0.4, -0.2) is 18.7 Å². The highest BCUT2D eigenvalue weighted by Gasteiger charge is 2.07. The van der Waals surface area contributed by atoms with Crippen LogP contribution >= 0.6 is 11.8 Å². The molecular formula is C14H22N2OS. The first-order chi connectivity index (χ1) is 8.69. The summed E-state index contributed by atoms with van der Waals surface area (Å²) in [4.78, 5) is 0. The van der Waals surface area contributed by atoms with Crippen LogP contribution in [0.15, 0.2) is 18.2 Å². The number of nitrogens with two attached hydrogens (primary N) is 1. The van der Waals surface area contributed by atoms with Gasteiger partial charge >= 0.3 is 0 Å². The smallest absolute Gasteiger partial charge is 0.129 e. The van der Waals surface area contributed by atoms with E-state index in [1.807, 2.05) is 30.0 Å². The van der Waals surface area contributed by atoms with E-state index in [1.54, 1.807) is 7.11 Å². The van der Waals surface area contributed by atoms with E-state index in [1.165, 1.54) is 30.6 Å². The summed E-state index contributed by atoms with van der Waals surface area (Å²) >= 11 is 1.93. The van der Waals surface area contributed by atoms with E-state index in [0.717, 1.165) is 5.75 Å². The van der Waals surface area contributed by atoms with Gasteiger partial charge in [0.15, 0.2) is 0 Å². The van der Waals surface area contributed by atoms with Crippen molar-refractivity contribution in [1.82, 2.24) is 0 Å². The number of thioether (sulfide) groups is 1. The Labute approximate surface area is 114 Å². The molecule has 0 unspecified atom stereocenters. The van der Waals surface area contributed by atoms with E-state index in [2.05, 4.69) is 6.92 Å². The molecule has 3 nitrogen and oxygen atoms in total. The quantitative estimate of drug-likeness (QED) is 0.431. The van der Waals surface area contributed by atoms with Gasteiger partial charge in [0.25, 0.3) is 0 Å². The van der Waals surface area contributed by atoms with Crippen molar-refractivity contribution in [2.75, 3.05) is 12.9 Å². The second kappa shape index (κ2) is 8.03. The molecule has 0 heterocycles. The first-order valence-electron chi connectivity index (χ1n) is 6.28. The number of ether oxygens (including phenoxy) is 1. The van der Waals surface area contributed by atoms with Crippen LogP contribution in [0.4, 0.5) is 0 Å². The fraction of sp³-hybridized carbons (Fsp3) is 0.500. The summed E-state index contributed by atoms with van der Waals surface area (Å²) in [5.41, 5.74) is 7.43. The molecule has 0 aliphatic heterocycles. The lowest BCUT2D eigenvalue weighted by Gasteiger charge is -2.09. The highest BCUT2D eigenvalue weighted by Crippen LogP contribution is 2.22. The molecule has 0 amide bonds. The Morgan fingerprint density at radius 1 is 1.39 bits per heavy atom. The van der Waals surface area contributed by atoms with Crippen molar-refractivity contribution in [2.24, 2.45) is 5.73 Å². The summed E-state index contributed by atoms with van der Waals surface area (Å²) in [5, 5.41) is 7.54. The minimum Gasteiger partial charge on any atom is -0.496 e. The SMILES string of the molecule is CCCCCSCc1ccc(OC)c(C(=N)N)c1. The van der Waals surface area contributed by atoms with Gasteiger partial charge < -0.3 is 10.5 Å². The van der Waals surface area contributed by atoms with Crippen LogP contribution in [0.3, 0.4) is 0 Å². The lowest BCUT2D eigenvalue weighted by atomic mass is 10.1. The Morgan fingerprint density at radius 3 is 2.78 bits per heavy atom. The van der Waals surface area contributed by atoms with Crippen LogP contribution in [-0.2, 0) is 5.75 Å². The number of nitrogens with one attached hydrogen (secondary N) is 1. The zero-order valence-electron chi connectivity index (χ0n) is 11.2. The maximum atomic E-state index is 7.54. The Morgan fingerprint density at radius 2 is 2.17 bits per heavy atom. The van der Waals surface area contributed by atoms with Gasteiger partial charge in [-0.2, -0.15) is 11.8 Å². The summed E-state index contributed by atoms with van der Waals surface area (Å²) < 4.78 is 5.19. The number of rotatable bonds is 8. The summed E-state index contributed by atoms with van der Waals surface area (Å²) in [6, 6.07) is 5.88. The summed E-state index contributed by atoms with van der Waals surface area (Å²) in [7, 11) is 1.60. The third-order valence-corrected chi connectivity index (χ3v) is 3.83. The lowest BCUT2D eigenvalue weighted by Crippen LogP contribution is -2.12. The predicted molar refractivity (Wildman–Crippen MR) is 79.7 cm³/mol. The van der Waals surface area contributed by atoms with Crippen molar-refractivity contribution in [3.05, 3.63) is 29.3 Å². The number of hydrogen-bond acceptors (Lipinski definition) is 3. The average Bonchev–Trinajstić information content (AvgIpc) is 2.38. The Kier molecular flexibility index (Phi) is 6.65. The van der Waals surface area contributed by atoms with Crippen LogP contribution in [0.5, 0.6) is 5.75 Å². The fourth-order valence-electron chi connectivity index (χ4n) is 1.70. The minimum absolute atomic E-state index is 0.0599. The van der Waals surface area contributed by atoms with E-state index >= 15 is 0 Å². The molecule has 0 radical (unpaired) electrons. The standard InChI is InChI=1S/C14H22N2OS/c1-3-4-5-8-18-10-11-6-7-13(17-2)12(9-11)14(15)16/h6-7,9H,3-5,8,10H2,1-2H3,(H3,15,16). The van der Waals surface area contributed by atoms with Crippen molar-refractivity contribution in [1.29, 1.82) is 5.41 Å². The molecular weight excluding hydrogens is 244 g/mol. The molecule has 18 heavy (non-hydrogen) atoms. The molecule has 1 rings (SSSR count). The van der Waals surface area contributed by atoms with Gasteiger partial charge in [-0.15, -0.1) is 0 Å². The molecule has 3 N–H and O–H groups in total. The minimum atomic E-state index is 0.0599. The molecule has 0 aliphatic carbocycles. The highest BCUT2D eigenvalue weighted by molar-refractivity contribution is 7.98. The number of hydrogen-bond donors (Lipinski definition) is 2. The van der Waals surface area contributed by atoms with Crippen LogP contribution in [0, 0.1) is 5.41 Å². The molecule has 4 heteroatoms. The monoisotopic (exact) mass is 266 g/mol. The highest BCUT2D eigenvalue weighted by atomic mass is 32.2. The van der Waals surface area contributed by atoms with Gasteiger partial charge in [-0.3, -0.25) is 5.41 Å². The molecule has 0 atom stereocenters. The normalized spacial score (nSPS) is 10.3. The molecule has 0 bridgehead atoms. The molecule has 0 aromatic heterocycles. The second-order valence-corrected chi connectivity index (χ2v) is 5.31. The fourth-order valence-corrected chi connectivity index (χ4v) is 2.67. The topological polar surface area (TPSA) is 59.1 Å². The van der Waals surface area contributed by atoms with E-state index in [-0.39, 0.29) is 5.84 Å². The van der Waals surface area contributed by atoms with Gasteiger partial charge in [-0.05, 0) is 29.9 Å². The maximum absolute atomic E-state index is 7.54. The summed E-state index contributed by atoms with van der Waals surface area (Å²) in [6.07, 6.45) is 3.84. The zero-order chi connectivity index (χ0) is 13.4. The molecule has 0 fully saturated rings. The van der Waals surface area contributed by atoms with Crippen LogP contribution in [0.2, 0.25) is 0 Å². The van der Waals surface area contributed by atoms with E-state index in [0.29, 0.717) is 11.3 Å². The van der Waals surface area contributed by atoms with Gasteiger partial charge in [0.05, 0.1) is 12.7 Å². The molecule has 100 valence electrons. The number of benzene rings is 1. The molecule has 0 spiro atoms. The van der Waals surface area contributed by atoms with E-state index in [4.69, 9.17) is 15.9 Å². The van der Waals surface area contributed by atoms with Gasteiger partial charge in [0.1, 0.15) is 11.6 Å². The van der Waals surface area contributed by atoms with Gasteiger partial charge in [-0.25, -0.2) is 0 Å². The van der Waals surface area contributed by atoms with Crippen molar-refractivity contribution in [3.63, 3.8) is 0 Å². The first-order valence-corrected chi connectivity index (χ1v) is 7.43. The lowest BCUT2D eigenvalue weighted by molar-refractivity contribution is 0.413. The molecule has 0 saturated carbocycles. The summed E-state index contributed by atoms with van der Waals surface area (Å²) in [5.74, 6) is 2.88. The van der Waals surface area contributed by atoms with E-state index < -0.39 is 0 Å². The number of methoxy groups -OCH3 is 1. The van der Waals surface area contributed by atoms with Gasteiger partial charge in [0.2, 0.25) is 0 Å². The molecule has 0 aliphatic rings. The van der Waals surface area contributed by atoms with Gasteiger partial charge in [0, 0.05) is 5.75 Å². The largest absolute Gasteiger partial charge is 0.496 e. The molecule has 1 aromatic carbocycles.